The maximum absolute atomic E-state index is 12.7. The highest BCUT2D eigenvalue weighted by molar-refractivity contribution is 8.00. The number of ether oxygens (including phenoxy) is 1. The first-order valence-electron chi connectivity index (χ1n) is 9.62. The number of carbonyl (C=O) groups excluding carboxylic acids is 3. The molecule has 2 heterocycles. The summed E-state index contributed by atoms with van der Waals surface area (Å²) < 4.78 is 5.55. The molecule has 1 saturated heterocycles. The fourth-order valence-corrected chi connectivity index (χ4v) is 4.21. The molecular weight excluding hydrogens is 388 g/mol. The number of nitrogens with zero attached hydrogens (tertiary/aromatic N) is 1. The Morgan fingerprint density at radius 3 is 2.62 bits per heavy atom. The molecule has 0 aliphatic carbocycles. The first-order chi connectivity index (χ1) is 14.0. The molecule has 2 aliphatic heterocycles. The van der Waals surface area contributed by atoms with Crippen LogP contribution >= 0.6 is 11.8 Å². The number of thioether (sulfide) groups is 1. The molecule has 0 saturated carbocycles. The summed E-state index contributed by atoms with van der Waals surface area (Å²) in [6, 6.07) is 12.8. The highest BCUT2D eigenvalue weighted by atomic mass is 32.2. The summed E-state index contributed by atoms with van der Waals surface area (Å²) in [6.45, 7) is 2.97. The SMILES string of the molecule is Cc1ccc(SCC(=O)Nc2ccc3c(c2)C(=O)N(CC2CCCO2)C3=O)cc1. The number of rotatable bonds is 6. The number of aryl methyl sites for hydroxylation is 1. The van der Waals surface area contributed by atoms with Gasteiger partial charge < -0.3 is 10.1 Å². The molecule has 0 radical (unpaired) electrons. The van der Waals surface area contributed by atoms with E-state index in [0.29, 0.717) is 23.4 Å². The van der Waals surface area contributed by atoms with Gasteiger partial charge in [0.2, 0.25) is 5.91 Å². The fraction of sp³-hybridized carbons (Fsp3) is 0.318. The summed E-state index contributed by atoms with van der Waals surface area (Å²) in [5.41, 5.74) is 2.39. The van der Waals surface area contributed by atoms with Crippen molar-refractivity contribution in [2.24, 2.45) is 0 Å². The summed E-state index contributed by atoms with van der Waals surface area (Å²) in [5, 5.41) is 2.81. The summed E-state index contributed by atoms with van der Waals surface area (Å²) in [7, 11) is 0. The largest absolute Gasteiger partial charge is 0.376 e. The van der Waals surface area contributed by atoms with Crippen LogP contribution in [0, 0.1) is 6.92 Å². The van der Waals surface area contributed by atoms with Gasteiger partial charge >= 0.3 is 0 Å². The van der Waals surface area contributed by atoms with Crippen molar-refractivity contribution in [3.8, 4) is 0 Å². The molecule has 1 N–H and O–H groups in total. The van der Waals surface area contributed by atoms with Gasteiger partial charge in [-0.1, -0.05) is 17.7 Å². The van der Waals surface area contributed by atoms with E-state index in [-0.39, 0.29) is 36.1 Å². The number of carbonyl (C=O) groups is 3. The second-order valence-electron chi connectivity index (χ2n) is 7.27. The summed E-state index contributed by atoms with van der Waals surface area (Å²) in [6.07, 6.45) is 1.72. The van der Waals surface area contributed by atoms with E-state index in [1.54, 1.807) is 18.2 Å². The molecule has 3 amide bonds. The van der Waals surface area contributed by atoms with Gasteiger partial charge in [-0.05, 0) is 50.1 Å². The summed E-state index contributed by atoms with van der Waals surface area (Å²) in [4.78, 5) is 39.8. The van der Waals surface area contributed by atoms with Gasteiger partial charge in [0.15, 0.2) is 0 Å². The van der Waals surface area contributed by atoms with Gasteiger partial charge in [0.1, 0.15) is 0 Å². The molecular formula is C22H22N2O4S. The topological polar surface area (TPSA) is 75.7 Å². The van der Waals surface area contributed by atoms with Gasteiger partial charge in [-0.15, -0.1) is 11.8 Å². The second-order valence-corrected chi connectivity index (χ2v) is 8.31. The summed E-state index contributed by atoms with van der Waals surface area (Å²) in [5.74, 6) is -0.527. The molecule has 1 unspecified atom stereocenters. The van der Waals surface area contributed by atoms with Crippen molar-refractivity contribution in [3.05, 3.63) is 59.2 Å². The average Bonchev–Trinajstić information content (AvgIpc) is 3.31. The van der Waals surface area contributed by atoms with Crippen LogP contribution in [0.4, 0.5) is 5.69 Å². The van der Waals surface area contributed by atoms with Crippen LogP contribution in [-0.4, -0.2) is 47.6 Å². The maximum atomic E-state index is 12.7. The first-order valence-corrected chi connectivity index (χ1v) is 10.6. The van der Waals surface area contributed by atoms with Crippen LogP contribution in [-0.2, 0) is 9.53 Å². The number of amides is 3. The maximum Gasteiger partial charge on any atom is 0.261 e. The second kappa shape index (κ2) is 8.39. The van der Waals surface area contributed by atoms with Crippen molar-refractivity contribution in [1.82, 2.24) is 4.90 Å². The fourth-order valence-electron chi connectivity index (χ4n) is 3.51. The quantitative estimate of drug-likeness (QED) is 0.583. The molecule has 0 spiro atoms. The molecule has 2 aliphatic rings. The zero-order valence-corrected chi connectivity index (χ0v) is 17.0. The molecule has 6 nitrogen and oxygen atoms in total. The minimum absolute atomic E-state index is 0.0878. The van der Waals surface area contributed by atoms with Crippen LogP contribution in [0.25, 0.3) is 0 Å². The summed E-state index contributed by atoms with van der Waals surface area (Å²) >= 11 is 1.45. The van der Waals surface area contributed by atoms with Gasteiger partial charge in [-0.3, -0.25) is 19.3 Å². The van der Waals surface area contributed by atoms with Gasteiger partial charge in [0, 0.05) is 17.2 Å². The molecule has 2 aromatic carbocycles. The third kappa shape index (κ3) is 4.36. The molecule has 0 aromatic heterocycles. The van der Waals surface area contributed by atoms with Crippen molar-refractivity contribution in [2.75, 3.05) is 24.2 Å². The Morgan fingerprint density at radius 1 is 1.14 bits per heavy atom. The lowest BCUT2D eigenvalue weighted by Gasteiger charge is -2.17. The minimum atomic E-state index is -0.328. The molecule has 7 heteroatoms. The molecule has 29 heavy (non-hydrogen) atoms. The van der Waals surface area contributed by atoms with Crippen LogP contribution in [0.3, 0.4) is 0 Å². The monoisotopic (exact) mass is 410 g/mol. The van der Waals surface area contributed by atoms with Crippen LogP contribution in [0.1, 0.15) is 39.1 Å². The highest BCUT2D eigenvalue weighted by Crippen LogP contribution is 2.28. The smallest absolute Gasteiger partial charge is 0.261 e. The Hall–Kier alpha value is -2.64. The molecule has 1 fully saturated rings. The third-order valence-corrected chi connectivity index (χ3v) is 6.07. The van der Waals surface area contributed by atoms with E-state index in [0.717, 1.165) is 17.7 Å². The van der Waals surface area contributed by atoms with Gasteiger partial charge in [-0.2, -0.15) is 0 Å². The number of imide groups is 1. The number of benzene rings is 2. The zero-order valence-electron chi connectivity index (χ0n) is 16.1. The first kappa shape index (κ1) is 19.7. The van der Waals surface area contributed by atoms with E-state index >= 15 is 0 Å². The van der Waals surface area contributed by atoms with Crippen LogP contribution in [0.5, 0.6) is 0 Å². The van der Waals surface area contributed by atoms with Crippen LogP contribution in [0.2, 0.25) is 0 Å². The third-order valence-electron chi connectivity index (χ3n) is 5.06. The van der Waals surface area contributed by atoms with E-state index in [1.165, 1.54) is 22.2 Å². The van der Waals surface area contributed by atoms with Crippen molar-refractivity contribution >= 4 is 35.2 Å². The average molecular weight is 410 g/mol. The Morgan fingerprint density at radius 2 is 1.90 bits per heavy atom. The molecule has 4 rings (SSSR count). The Kier molecular flexibility index (Phi) is 5.69. The lowest BCUT2D eigenvalue weighted by atomic mass is 10.1. The lowest BCUT2D eigenvalue weighted by molar-refractivity contribution is -0.113. The number of fused-ring (bicyclic) bond motifs is 1. The normalized spacial score (nSPS) is 18.2. The number of hydrogen-bond acceptors (Lipinski definition) is 5. The van der Waals surface area contributed by atoms with Crippen molar-refractivity contribution in [3.63, 3.8) is 0 Å². The van der Waals surface area contributed by atoms with Crippen molar-refractivity contribution in [1.29, 1.82) is 0 Å². The van der Waals surface area contributed by atoms with Gasteiger partial charge in [-0.25, -0.2) is 0 Å². The highest BCUT2D eigenvalue weighted by Gasteiger charge is 2.37. The van der Waals surface area contributed by atoms with E-state index in [9.17, 15) is 14.4 Å². The predicted octanol–water partition coefficient (Wildman–Crippen LogP) is 3.50. The number of nitrogens with one attached hydrogen (secondary N) is 1. The zero-order chi connectivity index (χ0) is 20.4. The standard InChI is InChI=1S/C22H22N2O4S/c1-14-4-7-17(8-5-14)29-13-20(25)23-15-6-9-18-19(11-15)22(27)24(21(18)26)12-16-3-2-10-28-16/h4-9,11,16H,2-3,10,12-13H2,1H3,(H,23,25). The Labute approximate surface area is 173 Å². The number of hydrogen-bond donors (Lipinski definition) is 1. The van der Waals surface area contributed by atoms with Crippen LogP contribution < -0.4 is 5.32 Å². The van der Waals surface area contributed by atoms with Crippen LogP contribution in [0.15, 0.2) is 47.4 Å². The lowest BCUT2D eigenvalue weighted by Crippen LogP contribution is -2.36. The molecule has 150 valence electrons. The van der Waals surface area contributed by atoms with Gasteiger partial charge in [0.05, 0.1) is 29.5 Å². The Balaban J connectivity index is 1.39. The number of anilines is 1. The molecule has 1 atom stereocenters. The van der Waals surface area contributed by atoms with E-state index in [2.05, 4.69) is 5.32 Å². The minimum Gasteiger partial charge on any atom is -0.376 e. The predicted molar refractivity (Wildman–Crippen MR) is 111 cm³/mol. The molecule has 0 bridgehead atoms. The van der Waals surface area contributed by atoms with Gasteiger partial charge in [0.25, 0.3) is 11.8 Å². The molecule has 2 aromatic rings. The van der Waals surface area contributed by atoms with E-state index in [4.69, 9.17) is 4.74 Å². The van der Waals surface area contributed by atoms with E-state index in [1.807, 2.05) is 31.2 Å². The van der Waals surface area contributed by atoms with E-state index < -0.39 is 0 Å². The van der Waals surface area contributed by atoms with Crippen molar-refractivity contribution in [2.45, 2.75) is 30.8 Å². The Bertz CT molecular complexity index is 952. The van der Waals surface area contributed by atoms with Crippen molar-refractivity contribution < 1.29 is 19.1 Å².